The summed E-state index contributed by atoms with van der Waals surface area (Å²) in [5.74, 6) is -0.667. The van der Waals surface area contributed by atoms with E-state index < -0.39 is 80.9 Å². The van der Waals surface area contributed by atoms with E-state index in [0.29, 0.717) is 97.2 Å². The SMILES string of the molecule is COc1ccc(OC)c(N(CC(=O)N2CCCC2)S(=O)(=O)c2ccccc2)c1.COc1ccc(OC)c(N(CC(=O)N2CCCC2=O)S(=O)(=O)c2ccccc2)c1.Cc1ccc(C)c(N(CC(=O)N2CCOCC2)S(=O)(=O)c2ccccc2)c1.Cc1ccc(C)c(N(CC(=O)Nc2cc(C)no2)S(=O)(=O)c2ccccc2)c1.Cc1ccc(C)c(N(CC(=O)Nc2csnc2C)S(=O)(=O)c2ccccc2)c1. The number of anilines is 7. The third-order valence-electron chi connectivity index (χ3n) is 22.4. The highest BCUT2D eigenvalue weighted by Gasteiger charge is 2.38. The molecule has 0 bridgehead atoms. The molecule has 34 nitrogen and oxygen atoms in total. The third kappa shape index (κ3) is 27.1. The summed E-state index contributed by atoms with van der Waals surface area (Å²) in [6.07, 6.45) is 2.71. The van der Waals surface area contributed by atoms with Crippen molar-refractivity contribution in [3.63, 3.8) is 0 Å². The van der Waals surface area contributed by atoms with E-state index in [9.17, 15) is 70.9 Å². The predicted octanol–water partition coefficient (Wildman–Crippen LogP) is 14.3. The van der Waals surface area contributed by atoms with Crippen LogP contribution in [0, 0.1) is 55.4 Å². The lowest BCUT2D eigenvalue weighted by molar-refractivity contribution is -0.141. The average molecular weight is 2030 g/mol. The second kappa shape index (κ2) is 48.5. The number of aromatic nitrogens is 2. The fraction of sp³-hybridized carbons (Fsp3) is 0.280. The Hall–Kier alpha value is -14.0. The van der Waals surface area contributed by atoms with Crippen molar-refractivity contribution in [2.75, 3.05) is 139 Å². The molecule has 15 rings (SSSR count). The number of morpholine rings is 1. The van der Waals surface area contributed by atoms with Crippen molar-refractivity contribution in [1.29, 1.82) is 0 Å². The molecular weight excluding hydrogens is 1910 g/mol. The fourth-order valence-corrected chi connectivity index (χ4v) is 22.9. The number of rotatable bonds is 31. The van der Waals surface area contributed by atoms with Crippen molar-refractivity contribution >= 4 is 137 Å². The van der Waals surface area contributed by atoms with Crippen LogP contribution in [0.15, 0.2) is 283 Å². The van der Waals surface area contributed by atoms with Gasteiger partial charge in [-0.25, -0.2) is 42.1 Å². The first-order valence-electron chi connectivity index (χ1n) is 44.3. The maximum absolute atomic E-state index is 13.4. The van der Waals surface area contributed by atoms with Gasteiger partial charge in [0.2, 0.25) is 41.3 Å². The number of nitrogens with one attached hydrogen (secondary N) is 2. The van der Waals surface area contributed by atoms with Crippen molar-refractivity contribution < 1.29 is 99.1 Å². The van der Waals surface area contributed by atoms with E-state index in [1.165, 1.54) is 98.9 Å². The standard InChI is InChI=1S/C20H21N3O4S.C20H21N3O3S2.C20H22N2O6S.C20H24N2O5S.C20H24N2O4S/c1-14-9-10-15(2)18(11-14)23(28(25,26)17-7-5-4-6-8-17)13-19(24)21-20-12-16(3)22-27-20;1-14-9-10-15(2)19(11-14)23(28(25,26)17-7-5-4-6-8-17)12-20(24)21-18-13-27-22-16(18)3;1-27-15-10-11-18(28-2)17(13-15)22(14-20(24)21-12-6-9-19(21)23)29(25,26)16-7-4-3-5-8-16;1-26-16-10-11-19(27-2)18(14-16)22(15-20(23)21-12-6-7-13-21)28(24,25)17-8-4-3-5-9-17;1-16-8-9-17(2)19(14-16)22(15-20(23)21-10-12-26-13-11-21)27(24,25)18-6-4-3-5-7-18/h4-12H,13H2,1-3H3,(H,21,24);4-11,13H,12H2,1-3H3,(H,21,24);3-5,7-8,10-11,13H,6,9,12,14H2,1-2H3;3-5,8-11,14H,6-7,12-13,15H2,1-2H3;3-9,14H,10-13,15H2,1-2H3. The Bertz CT molecular complexity index is 6940. The van der Waals surface area contributed by atoms with E-state index in [4.69, 9.17) is 28.2 Å². The van der Waals surface area contributed by atoms with Gasteiger partial charge in [-0.05, 0) is 223 Å². The smallest absolute Gasteiger partial charge is 0.264 e. The highest BCUT2D eigenvalue weighted by molar-refractivity contribution is 7.94. The summed E-state index contributed by atoms with van der Waals surface area (Å²) in [6, 6.07) is 67.9. The highest BCUT2D eigenvalue weighted by atomic mass is 32.2. The number of benzene rings is 10. The minimum Gasteiger partial charge on any atom is -0.497 e. The van der Waals surface area contributed by atoms with Crippen LogP contribution in [0.3, 0.4) is 0 Å². The zero-order valence-electron chi connectivity index (χ0n) is 79.5. The van der Waals surface area contributed by atoms with Crippen LogP contribution >= 0.6 is 11.5 Å². The number of ether oxygens (including phenoxy) is 5. The molecule has 12 aromatic rings. The molecule has 3 aliphatic heterocycles. The maximum Gasteiger partial charge on any atom is 0.264 e. The molecule has 0 aliphatic carbocycles. The molecule has 10 aromatic carbocycles. The number of amides is 6. The molecule has 2 aromatic heterocycles. The van der Waals surface area contributed by atoms with Crippen LogP contribution < -0.4 is 51.1 Å². The first kappa shape index (κ1) is 106. The summed E-state index contributed by atoms with van der Waals surface area (Å²) in [5, 5.41) is 10.7. The van der Waals surface area contributed by atoms with E-state index >= 15 is 0 Å². The summed E-state index contributed by atoms with van der Waals surface area (Å²) in [7, 11) is -14.0. The number of hydrogen-bond donors (Lipinski definition) is 2. The van der Waals surface area contributed by atoms with Crippen LogP contribution in [-0.2, 0) is 83.6 Å². The van der Waals surface area contributed by atoms with Crippen LogP contribution in [0.4, 0.5) is 40.0 Å². The second-order valence-electron chi connectivity index (χ2n) is 32.4. The van der Waals surface area contributed by atoms with Crippen LogP contribution in [-0.4, -0.2) is 209 Å². The maximum atomic E-state index is 13.4. The molecular formula is C100H112N12O22S6. The van der Waals surface area contributed by atoms with E-state index in [1.807, 2.05) is 77.1 Å². The van der Waals surface area contributed by atoms with Gasteiger partial charge in [-0.2, -0.15) is 4.37 Å². The van der Waals surface area contributed by atoms with Gasteiger partial charge < -0.3 is 43.3 Å². The lowest BCUT2D eigenvalue weighted by atomic mass is 10.1. The lowest BCUT2D eigenvalue weighted by Crippen LogP contribution is -2.47. The molecule has 2 N–H and O–H groups in total. The van der Waals surface area contributed by atoms with Gasteiger partial charge in [0.15, 0.2) is 0 Å². The zero-order chi connectivity index (χ0) is 101. The molecule has 0 atom stereocenters. The third-order valence-corrected chi connectivity index (χ3v) is 32.0. The Morgan fingerprint density at radius 1 is 0.379 bits per heavy atom. The number of aryl methyl sites for hydroxylation is 8. The van der Waals surface area contributed by atoms with Crippen LogP contribution in [0.1, 0.15) is 70.5 Å². The molecule has 3 saturated heterocycles. The summed E-state index contributed by atoms with van der Waals surface area (Å²) < 4.78 is 175. The van der Waals surface area contributed by atoms with Crippen LogP contribution in [0.2, 0.25) is 0 Å². The Labute approximate surface area is 821 Å². The molecule has 3 fully saturated rings. The predicted molar refractivity (Wildman–Crippen MR) is 536 cm³/mol. The Morgan fingerprint density at radius 3 is 1.04 bits per heavy atom. The fourth-order valence-electron chi connectivity index (χ4n) is 14.9. The van der Waals surface area contributed by atoms with Gasteiger partial charge in [0.05, 0.1) is 112 Å². The molecule has 0 unspecified atom stereocenters. The van der Waals surface area contributed by atoms with E-state index in [2.05, 4.69) is 20.2 Å². The molecule has 0 radical (unpaired) electrons. The van der Waals surface area contributed by atoms with E-state index in [-0.39, 0.29) is 97.8 Å². The number of hydrogen-bond acceptors (Lipinski definition) is 25. The minimum absolute atomic E-state index is 0.0189. The van der Waals surface area contributed by atoms with E-state index in [1.54, 1.807) is 188 Å². The first-order chi connectivity index (χ1) is 66.8. The molecule has 6 amide bonds. The van der Waals surface area contributed by atoms with Gasteiger partial charge >= 0.3 is 0 Å². The number of imide groups is 1. The zero-order valence-corrected chi connectivity index (χ0v) is 84.4. The second-order valence-corrected chi connectivity index (χ2v) is 42.4. The number of sulfonamides is 5. The number of carbonyl (C=O) groups excluding carboxylic acids is 6. The lowest BCUT2D eigenvalue weighted by Gasteiger charge is -2.31. The van der Waals surface area contributed by atoms with Crippen LogP contribution in [0.5, 0.6) is 23.0 Å². The van der Waals surface area contributed by atoms with Crippen molar-refractivity contribution in [3.8, 4) is 23.0 Å². The molecule has 0 spiro atoms. The molecule has 140 heavy (non-hydrogen) atoms. The molecule has 3 aliphatic rings. The van der Waals surface area contributed by atoms with Crippen molar-refractivity contribution in [1.82, 2.24) is 24.2 Å². The van der Waals surface area contributed by atoms with Crippen LogP contribution in [0.25, 0.3) is 0 Å². The van der Waals surface area contributed by atoms with Gasteiger partial charge in [0, 0.05) is 62.7 Å². The topological polar surface area (TPSA) is 408 Å². The summed E-state index contributed by atoms with van der Waals surface area (Å²) in [6.45, 7) is 16.3. The summed E-state index contributed by atoms with van der Waals surface area (Å²) in [4.78, 5) is 80.6. The molecule has 40 heteroatoms. The first-order valence-corrected chi connectivity index (χ1v) is 52.3. The quantitative estimate of drug-likeness (QED) is 0.0407. The number of methoxy groups -OCH3 is 4. The van der Waals surface area contributed by atoms with Gasteiger partial charge in [0.25, 0.3) is 50.1 Å². The average Bonchev–Trinajstić information content (AvgIpc) is 1.78. The Kier molecular flexibility index (Phi) is 36.9. The molecule has 0 saturated carbocycles. The van der Waals surface area contributed by atoms with Gasteiger partial charge in [-0.1, -0.05) is 133 Å². The van der Waals surface area contributed by atoms with Crippen molar-refractivity contribution in [2.45, 2.75) is 106 Å². The summed E-state index contributed by atoms with van der Waals surface area (Å²) in [5.41, 5.74) is 8.82. The highest BCUT2D eigenvalue weighted by Crippen LogP contribution is 2.40. The number of likely N-dealkylation sites (tertiary alicyclic amines) is 2. The Morgan fingerprint density at radius 2 is 0.721 bits per heavy atom. The van der Waals surface area contributed by atoms with Crippen molar-refractivity contribution in [3.05, 3.63) is 299 Å². The van der Waals surface area contributed by atoms with Gasteiger partial charge in [-0.15, -0.1) is 0 Å². The summed E-state index contributed by atoms with van der Waals surface area (Å²) >= 11 is 1.23. The van der Waals surface area contributed by atoms with Gasteiger partial charge in [-0.3, -0.25) is 60.5 Å². The van der Waals surface area contributed by atoms with E-state index in [0.717, 1.165) is 68.3 Å². The normalized spacial score (nSPS) is 13.1. The Balaban J connectivity index is 0.000000167. The van der Waals surface area contributed by atoms with Gasteiger partial charge in [0.1, 0.15) is 55.7 Å². The number of carbonyl (C=O) groups is 6. The minimum atomic E-state index is -4.11. The van der Waals surface area contributed by atoms with Crippen molar-refractivity contribution in [2.24, 2.45) is 0 Å². The molecule has 5 heterocycles. The molecule has 740 valence electrons. The monoisotopic (exact) mass is 2020 g/mol. The largest absolute Gasteiger partial charge is 0.497 e. The number of nitrogens with zero attached hydrogens (tertiary/aromatic N) is 10.